The van der Waals surface area contributed by atoms with Crippen LogP contribution in [-0.4, -0.2) is 37.7 Å². The van der Waals surface area contributed by atoms with Crippen LogP contribution in [0.15, 0.2) is 42.6 Å². The Morgan fingerprint density at radius 1 is 1.10 bits per heavy atom. The highest BCUT2D eigenvalue weighted by atomic mass is 19.4. The lowest BCUT2D eigenvalue weighted by Gasteiger charge is -2.26. The molecule has 216 valence electrons. The largest absolute Gasteiger partial charge is 0.416 e. The zero-order valence-corrected chi connectivity index (χ0v) is 22.7. The van der Waals surface area contributed by atoms with E-state index in [1.807, 2.05) is 19.1 Å². The minimum atomic E-state index is -4.71. The van der Waals surface area contributed by atoms with Gasteiger partial charge in [-0.25, -0.2) is 14.4 Å². The second-order valence-electron chi connectivity index (χ2n) is 10.5. The van der Waals surface area contributed by atoms with Crippen LogP contribution in [0.5, 0.6) is 0 Å². The van der Waals surface area contributed by atoms with Gasteiger partial charge in [0, 0.05) is 42.3 Å². The van der Waals surface area contributed by atoms with E-state index >= 15 is 0 Å². The van der Waals surface area contributed by atoms with Crippen LogP contribution in [0.4, 0.5) is 29.3 Å². The van der Waals surface area contributed by atoms with Crippen molar-refractivity contribution in [2.75, 3.05) is 10.6 Å². The van der Waals surface area contributed by atoms with Crippen molar-refractivity contribution in [2.24, 2.45) is 12.8 Å². The molecule has 0 saturated heterocycles. The van der Waals surface area contributed by atoms with E-state index in [2.05, 4.69) is 20.7 Å². The lowest BCUT2D eigenvalue weighted by atomic mass is 9.92. The van der Waals surface area contributed by atoms with E-state index in [-0.39, 0.29) is 17.4 Å². The van der Waals surface area contributed by atoms with Crippen molar-refractivity contribution in [3.63, 3.8) is 0 Å². The molecule has 1 saturated carbocycles. The molecule has 2 aromatic carbocycles. The molecule has 0 unspecified atom stereocenters. The third kappa shape index (κ3) is 6.64. The van der Waals surface area contributed by atoms with Crippen LogP contribution in [0, 0.1) is 5.82 Å². The van der Waals surface area contributed by atoms with Crippen LogP contribution in [-0.2, 0) is 30.9 Å². The Balaban J connectivity index is 1.34. The summed E-state index contributed by atoms with van der Waals surface area (Å²) in [5.41, 5.74) is 8.22. The molecule has 1 aliphatic rings. The molecule has 8 nitrogen and oxygen atoms in total. The van der Waals surface area contributed by atoms with Gasteiger partial charge in [-0.2, -0.15) is 18.3 Å². The maximum atomic E-state index is 13.7. The van der Waals surface area contributed by atoms with Crippen LogP contribution in [0.1, 0.15) is 49.3 Å². The minimum Gasteiger partial charge on any atom is -0.351 e. The summed E-state index contributed by atoms with van der Waals surface area (Å²) in [7, 11) is 1.72. The number of carbonyl (C=O) groups is 1. The second kappa shape index (κ2) is 11.4. The van der Waals surface area contributed by atoms with Crippen molar-refractivity contribution >= 4 is 28.6 Å². The lowest BCUT2D eigenvalue weighted by Crippen LogP contribution is -2.33. The van der Waals surface area contributed by atoms with E-state index in [1.165, 1.54) is 0 Å². The van der Waals surface area contributed by atoms with E-state index < -0.39 is 29.9 Å². The molecule has 0 atom stereocenters. The van der Waals surface area contributed by atoms with E-state index in [0.29, 0.717) is 23.8 Å². The molecule has 2 aromatic heterocycles. The summed E-state index contributed by atoms with van der Waals surface area (Å²) in [6.45, 7) is 2.04. The number of alkyl halides is 3. The molecule has 1 aliphatic carbocycles. The molecule has 0 spiro atoms. The topological polar surface area (TPSA) is 111 Å². The summed E-state index contributed by atoms with van der Waals surface area (Å²) in [5.74, 6) is -0.862. The van der Waals surface area contributed by atoms with Gasteiger partial charge in [0.05, 0.1) is 23.2 Å². The summed E-state index contributed by atoms with van der Waals surface area (Å²) in [4.78, 5) is 21.9. The van der Waals surface area contributed by atoms with Crippen molar-refractivity contribution in [1.82, 2.24) is 19.7 Å². The Morgan fingerprint density at radius 3 is 2.56 bits per heavy atom. The fraction of sp³-hybridized carbons (Fsp3) is 0.379. The van der Waals surface area contributed by atoms with Crippen LogP contribution >= 0.6 is 0 Å². The molecule has 41 heavy (non-hydrogen) atoms. The highest BCUT2D eigenvalue weighted by molar-refractivity contribution is 5.92. The zero-order chi connectivity index (χ0) is 29.3. The van der Waals surface area contributed by atoms with Gasteiger partial charge in [0.1, 0.15) is 5.82 Å². The minimum absolute atomic E-state index is 0.0889. The van der Waals surface area contributed by atoms with Crippen LogP contribution in [0.2, 0.25) is 0 Å². The van der Waals surface area contributed by atoms with Gasteiger partial charge in [0.25, 0.3) is 0 Å². The Labute approximate surface area is 234 Å². The number of aromatic nitrogens is 4. The number of aryl methyl sites for hydroxylation is 2. The quantitative estimate of drug-likeness (QED) is 0.250. The number of amides is 1. The number of hydrogen-bond acceptors (Lipinski definition) is 6. The highest BCUT2D eigenvalue weighted by Crippen LogP contribution is 2.32. The third-order valence-corrected chi connectivity index (χ3v) is 7.34. The number of benzene rings is 2. The number of hydrogen-bond donors (Lipinski definition) is 3. The number of nitrogens with zero attached hydrogens (tertiary/aromatic N) is 4. The number of rotatable bonds is 7. The molecule has 0 bridgehead atoms. The van der Waals surface area contributed by atoms with E-state index in [9.17, 15) is 22.4 Å². The fourth-order valence-corrected chi connectivity index (χ4v) is 5.24. The molecular formula is C29H31F4N7O. The Bertz CT molecular complexity index is 1580. The average molecular weight is 570 g/mol. The van der Waals surface area contributed by atoms with Gasteiger partial charge < -0.3 is 16.4 Å². The normalized spacial score (nSPS) is 17.5. The first-order valence-electron chi connectivity index (χ1n) is 13.5. The standard InChI is InChI=1S/C29H31F4N7O/c1-3-17-11-18(12-19-15-35-28(38-27(17)19)36-23-6-4-22(34)5-7-23)24-14-25(39-40(24)2)37-26(41)10-16-8-20(29(31,32)33)13-21(30)9-16/h8-9,11-15,22-23H,3-7,10,34H2,1-2H3,(H,35,36,38)(H,37,39,41). The van der Waals surface area contributed by atoms with Crippen LogP contribution < -0.4 is 16.4 Å². The average Bonchev–Trinajstić information content (AvgIpc) is 3.28. The van der Waals surface area contributed by atoms with Gasteiger partial charge in [-0.05, 0) is 73.6 Å². The number of halogens is 4. The van der Waals surface area contributed by atoms with Gasteiger partial charge in [-0.1, -0.05) is 6.92 Å². The van der Waals surface area contributed by atoms with Crippen LogP contribution in [0.25, 0.3) is 22.2 Å². The number of nitrogens with one attached hydrogen (secondary N) is 2. The number of anilines is 2. The molecule has 4 aromatic rings. The van der Waals surface area contributed by atoms with Gasteiger partial charge in [-0.3, -0.25) is 9.48 Å². The lowest BCUT2D eigenvalue weighted by molar-refractivity contribution is -0.137. The first-order valence-corrected chi connectivity index (χ1v) is 13.5. The molecule has 0 radical (unpaired) electrons. The smallest absolute Gasteiger partial charge is 0.351 e. The predicted molar refractivity (Wildman–Crippen MR) is 149 cm³/mol. The number of nitrogens with two attached hydrogens (primary N) is 1. The molecule has 1 fully saturated rings. The van der Waals surface area contributed by atoms with E-state index in [0.717, 1.165) is 66.3 Å². The summed E-state index contributed by atoms with van der Waals surface area (Å²) in [6.07, 6.45) is 1.29. The van der Waals surface area contributed by atoms with Crippen LogP contribution in [0.3, 0.4) is 0 Å². The highest BCUT2D eigenvalue weighted by Gasteiger charge is 2.31. The van der Waals surface area contributed by atoms with Crippen molar-refractivity contribution in [3.8, 4) is 11.3 Å². The first kappa shape index (κ1) is 28.5. The Hall–Kier alpha value is -4.06. The third-order valence-electron chi connectivity index (χ3n) is 7.34. The molecule has 5 rings (SSSR count). The molecular weight excluding hydrogens is 538 g/mol. The van der Waals surface area contributed by atoms with Crippen molar-refractivity contribution < 1.29 is 22.4 Å². The van der Waals surface area contributed by atoms with Gasteiger partial charge in [-0.15, -0.1) is 0 Å². The predicted octanol–water partition coefficient (Wildman–Crippen LogP) is 5.61. The van der Waals surface area contributed by atoms with Crippen molar-refractivity contribution in [2.45, 2.75) is 63.7 Å². The van der Waals surface area contributed by atoms with Gasteiger partial charge in [0.2, 0.25) is 11.9 Å². The SMILES string of the molecule is CCc1cc(-c2cc(NC(=O)Cc3cc(F)cc(C(F)(F)F)c3)nn2C)cc2cnc(NC3CCC(N)CC3)nc12. The van der Waals surface area contributed by atoms with Gasteiger partial charge >= 0.3 is 6.18 Å². The van der Waals surface area contributed by atoms with Gasteiger partial charge in [0.15, 0.2) is 5.82 Å². The summed E-state index contributed by atoms with van der Waals surface area (Å²) >= 11 is 0. The molecule has 4 N–H and O–H groups in total. The molecule has 0 aliphatic heterocycles. The number of carbonyl (C=O) groups excluding carboxylic acids is 1. The first-order chi connectivity index (χ1) is 19.5. The van der Waals surface area contributed by atoms with Crippen molar-refractivity contribution in [3.05, 3.63) is 65.1 Å². The molecule has 2 heterocycles. The monoisotopic (exact) mass is 569 g/mol. The van der Waals surface area contributed by atoms with Crippen molar-refractivity contribution in [1.29, 1.82) is 0 Å². The number of fused-ring (bicyclic) bond motifs is 1. The second-order valence-corrected chi connectivity index (χ2v) is 10.5. The van der Waals surface area contributed by atoms with E-state index in [4.69, 9.17) is 10.7 Å². The molecule has 1 amide bonds. The Kier molecular flexibility index (Phi) is 7.94. The van der Waals surface area contributed by atoms with E-state index in [1.54, 1.807) is 24.0 Å². The fourth-order valence-electron chi connectivity index (χ4n) is 5.24. The maximum absolute atomic E-state index is 13.7. The maximum Gasteiger partial charge on any atom is 0.416 e. The molecule has 12 heteroatoms. The summed E-state index contributed by atoms with van der Waals surface area (Å²) in [6, 6.07) is 8.28. The summed E-state index contributed by atoms with van der Waals surface area (Å²) in [5, 5.41) is 11.2. The zero-order valence-electron chi connectivity index (χ0n) is 22.7. The Morgan fingerprint density at radius 2 is 1.85 bits per heavy atom. The summed E-state index contributed by atoms with van der Waals surface area (Å²) < 4.78 is 54.4.